The van der Waals surface area contributed by atoms with Gasteiger partial charge in [-0.25, -0.2) is 8.42 Å². The summed E-state index contributed by atoms with van der Waals surface area (Å²) in [7, 11) is -4.41. The van der Waals surface area contributed by atoms with Gasteiger partial charge in [0, 0.05) is 17.1 Å². The molecule has 178 valence electrons. The average Bonchev–Trinajstić information content (AvgIpc) is 3.15. The molecule has 2 N–H and O–H groups in total. The first kappa shape index (κ1) is 24.0. The molecule has 3 aromatic carbocycles. The molecule has 0 bridgehead atoms. The van der Waals surface area contributed by atoms with Crippen LogP contribution < -0.4 is 4.72 Å². The molecule has 4 rings (SSSR count). The fraction of sp³-hybridized carbons (Fsp3) is 0.231. The van der Waals surface area contributed by atoms with Gasteiger partial charge >= 0.3 is 6.18 Å². The Balaban J connectivity index is 1.71. The topological polar surface area (TPSA) is 62.0 Å². The zero-order valence-electron chi connectivity index (χ0n) is 19.0. The van der Waals surface area contributed by atoms with Gasteiger partial charge in [0.1, 0.15) is 6.04 Å². The molecule has 0 amide bonds. The number of aryl methyl sites for hydroxylation is 3. The first-order chi connectivity index (χ1) is 16.0. The van der Waals surface area contributed by atoms with Gasteiger partial charge in [0.2, 0.25) is 10.0 Å². The smallest absolute Gasteiger partial charge is 0.360 e. The first-order valence-electron chi connectivity index (χ1n) is 10.8. The van der Waals surface area contributed by atoms with Gasteiger partial charge in [-0.05, 0) is 49.4 Å². The van der Waals surface area contributed by atoms with Crippen molar-refractivity contribution in [2.45, 2.75) is 44.3 Å². The molecule has 0 saturated heterocycles. The van der Waals surface area contributed by atoms with E-state index in [1.807, 2.05) is 48.0 Å². The van der Waals surface area contributed by atoms with Crippen LogP contribution in [-0.2, 0) is 16.4 Å². The molecule has 8 heteroatoms. The number of nitrogens with one attached hydrogen (secondary N) is 2. The third-order valence-corrected chi connectivity index (χ3v) is 7.65. The number of fused-ring (bicyclic) bond motifs is 1. The van der Waals surface area contributed by atoms with Crippen LogP contribution in [0.3, 0.4) is 0 Å². The van der Waals surface area contributed by atoms with E-state index in [0.29, 0.717) is 27.6 Å². The van der Waals surface area contributed by atoms with Gasteiger partial charge in [0.05, 0.1) is 10.4 Å². The summed E-state index contributed by atoms with van der Waals surface area (Å²) in [5.74, 6) is 0. The minimum atomic E-state index is -4.78. The summed E-state index contributed by atoms with van der Waals surface area (Å²) in [6.07, 6.45) is -3.79. The highest BCUT2D eigenvalue weighted by Crippen LogP contribution is 2.33. The molecule has 1 aromatic heterocycles. The lowest BCUT2D eigenvalue weighted by Gasteiger charge is -2.23. The third kappa shape index (κ3) is 4.74. The first-order valence-corrected chi connectivity index (χ1v) is 12.3. The van der Waals surface area contributed by atoms with E-state index in [1.54, 1.807) is 38.1 Å². The summed E-state index contributed by atoms with van der Waals surface area (Å²) in [5.41, 5.74) is 4.54. The van der Waals surface area contributed by atoms with E-state index in [-0.39, 0.29) is 4.90 Å². The quantitative estimate of drug-likeness (QED) is 0.340. The summed E-state index contributed by atoms with van der Waals surface area (Å²) in [6.45, 7) is 4.98. The molecule has 0 spiro atoms. The molecule has 4 nitrogen and oxygen atoms in total. The Morgan fingerprint density at radius 2 is 1.59 bits per heavy atom. The van der Waals surface area contributed by atoms with E-state index in [2.05, 4.69) is 4.98 Å². The van der Waals surface area contributed by atoms with Crippen LogP contribution in [-0.4, -0.2) is 25.6 Å². The fourth-order valence-corrected chi connectivity index (χ4v) is 6.20. The van der Waals surface area contributed by atoms with Crippen molar-refractivity contribution in [3.63, 3.8) is 0 Å². The Hall–Kier alpha value is -3.10. The number of H-pyrrole nitrogens is 1. The van der Waals surface area contributed by atoms with E-state index in [4.69, 9.17) is 0 Å². The molecule has 1 heterocycles. The molecule has 4 aromatic rings. The highest BCUT2D eigenvalue weighted by atomic mass is 32.2. The second kappa shape index (κ2) is 8.92. The average molecular weight is 487 g/mol. The number of sulfonamides is 1. The number of benzene rings is 3. The summed E-state index contributed by atoms with van der Waals surface area (Å²) in [4.78, 5) is 2.97. The molecule has 0 aliphatic rings. The van der Waals surface area contributed by atoms with Gasteiger partial charge in [0.15, 0.2) is 0 Å². The monoisotopic (exact) mass is 486 g/mol. The standard InChI is InChI=1S/C26H25F3N2O2S/c1-16-12-17(2)25(18(3)13-16)34(32,33)31-23(26(27,28)29)14-20-15-30-24-21(10-7-11-22(20)24)19-8-5-4-6-9-19/h4-13,15,23,30-31H,14H2,1-3H3. The van der Waals surface area contributed by atoms with Crippen LogP contribution in [0.15, 0.2) is 71.8 Å². The lowest BCUT2D eigenvalue weighted by Crippen LogP contribution is -2.47. The fourth-order valence-electron chi connectivity index (χ4n) is 4.52. The molecular formula is C26H25F3N2O2S. The van der Waals surface area contributed by atoms with Crippen LogP contribution in [0.4, 0.5) is 13.2 Å². The van der Waals surface area contributed by atoms with Crippen LogP contribution in [0.25, 0.3) is 22.0 Å². The van der Waals surface area contributed by atoms with Crippen molar-refractivity contribution in [2.75, 3.05) is 0 Å². The van der Waals surface area contributed by atoms with E-state index in [9.17, 15) is 21.6 Å². The number of aromatic nitrogens is 1. The zero-order valence-corrected chi connectivity index (χ0v) is 19.8. The summed E-state index contributed by atoms with van der Waals surface area (Å²) >= 11 is 0. The number of para-hydroxylation sites is 1. The lowest BCUT2D eigenvalue weighted by molar-refractivity contribution is -0.150. The van der Waals surface area contributed by atoms with Crippen LogP contribution in [0.2, 0.25) is 0 Å². The van der Waals surface area contributed by atoms with E-state index in [0.717, 1.165) is 16.7 Å². The predicted octanol–water partition coefficient (Wildman–Crippen LogP) is 6.21. The molecule has 0 radical (unpaired) electrons. The Bertz CT molecular complexity index is 1420. The highest BCUT2D eigenvalue weighted by Gasteiger charge is 2.43. The van der Waals surface area contributed by atoms with Crippen molar-refractivity contribution in [3.8, 4) is 11.1 Å². The van der Waals surface area contributed by atoms with Crippen molar-refractivity contribution in [2.24, 2.45) is 0 Å². The number of alkyl halides is 3. The largest absolute Gasteiger partial charge is 0.405 e. The number of hydrogen-bond acceptors (Lipinski definition) is 2. The van der Waals surface area contributed by atoms with Gasteiger partial charge in [-0.1, -0.05) is 66.2 Å². The van der Waals surface area contributed by atoms with E-state index in [1.165, 1.54) is 6.20 Å². The maximum Gasteiger partial charge on any atom is 0.405 e. The summed E-state index contributed by atoms with van der Waals surface area (Å²) in [5, 5.41) is 0.623. The summed E-state index contributed by atoms with van der Waals surface area (Å²) < 4.78 is 70.1. The van der Waals surface area contributed by atoms with E-state index < -0.39 is 28.7 Å². The maximum absolute atomic E-state index is 14.0. The molecule has 1 unspecified atom stereocenters. The van der Waals surface area contributed by atoms with Crippen molar-refractivity contribution >= 4 is 20.9 Å². The van der Waals surface area contributed by atoms with Gasteiger partial charge in [-0.3, -0.25) is 0 Å². The molecule has 0 aliphatic heterocycles. The third-order valence-electron chi connectivity index (χ3n) is 5.88. The van der Waals surface area contributed by atoms with Crippen LogP contribution in [0, 0.1) is 20.8 Å². The van der Waals surface area contributed by atoms with Crippen LogP contribution >= 0.6 is 0 Å². The minimum absolute atomic E-state index is 0.113. The minimum Gasteiger partial charge on any atom is -0.360 e. The number of aromatic amines is 1. The molecule has 1 atom stereocenters. The van der Waals surface area contributed by atoms with Crippen molar-refractivity contribution in [1.29, 1.82) is 0 Å². The van der Waals surface area contributed by atoms with Crippen molar-refractivity contribution in [1.82, 2.24) is 9.71 Å². The molecule has 34 heavy (non-hydrogen) atoms. The van der Waals surface area contributed by atoms with Crippen molar-refractivity contribution < 1.29 is 21.6 Å². The Kier molecular flexibility index (Phi) is 6.31. The molecule has 0 fully saturated rings. The number of rotatable bonds is 6. The second-order valence-corrected chi connectivity index (χ2v) is 10.2. The zero-order chi connectivity index (χ0) is 24.7. The Morgan fingerprint density at radius 1 is 0.941 bits per heavy atom. The lowest BCUT2D eigenvalue weighted by atomic mass is 10.00. The molecular weight excluding hydrogens is 461 g/mol. The molecule has 0 aliphatic carbocycles. The molecule has 0 saturated carbocycles. The van der Waals surface area contributed by atoms with E-state index >= 15 is 0 Å². The second-order valence-electron chi connectivity index (χ2n) is 8.56. The summed E-state index contributed by atoms with van der Waals surface area (Å²) in [6, 6.07) is 16.0. The van der Waals surface area contributed by atoms with Gasteiger partial charge in [-0.15, -0.1) is 0 Å². The normalized spacial score (nSPS) is 13.4. The van der Waals surface area contributed by atoms with Gasteiger partial charge < -0.3 is 4.98 Å². The Labute approximate surface area is 196 Å². The van der Waals surface area contributed by atoms with Crippen molar-refractivity contribution in [3.05, 3.63) is 89.1 Å². The van der Waals surface area contributed by atoms with Gasteiger partial charge in [0.25, 0.3) is 0 Å². The van der Waals surface area contributed by atoms with Crippen LogP contribution in [0.1, 0.15) is 22.3 Å². The maximum atomic E-state index is 14.0. The Morgan fingerprint density at radius 3 is 2.21 bits per heavy atom. The predicted molar refractivity (Wildman–Crippen MR) is 128 cm³/mol. The van der Waals surface area contributed by atoms with Gasteiger partial charge in [-0.2, -0.15) is 17.9 Å². The highest BCUT2D eigenvalue weighted by molar-refractivity contribution is 7.89. The van der Waals surface area contributed by atoms with Crippen LogP contribution in [0.5, 0.6) is 0 Å². The SMILES string of the molecule is Cc1cc(C)c(S(=O)(=O)NC(Cc2c[nH]c3c(-c4ccccc4)cccc23)C(F)(F)F)c(C)c1. The number of halogens is 3. The number of hydrogen-bond donors (Lipinski definition) is 2.